The van der Waals surface area contributed by atoms with Crippen molar-refractivity contribution in [3.8, 4) is 0 Å². The number of carbonyl (C=O) groups excluding carboxylic acids is 2. The molecule has 40 heavy (non-hydrogen) atoms. The predicted octanol–water partition coefficient (Wildman–Crippen LogP) is 4.93. The zero-order chi connectivity index (χ0) is 28.0. The molecular formula is C33H43N5O2. The second-order valence-corrected chi connectivity index (χ2v) is 10.4. The van der Waals surface area contributed by atoms with Gasteiger partial charge in [0.25, 0.3) is 5.91 Å². The predicted molar refractivity (Wildman–Crippen MR) is 161 cm³/mol. The van der Waals surface area contributed by atoms with E-state index in [2.05, 4.69) is 81.6 Å². The van der Waals surface area contributed by atoms with Crippen molar-refractivity contribution in [2.75, 3.05) is 32.7 Å². The normalized spacial score (nSPS) is 17.4. The molecular weight excluding hydrogens is 498 g/mol. The summed E-state index contributed by atoms with van der Waals surface area (Å²) in [6, 6.07) is 30.1. The van der Waals surface area contributed by atoms with Crippen LogP contribution in [-0.4, -0.2) is 55.7 Å². The molecule has 1 heterocycles. The number of hydrogen-bond donors (Lipinski definition) is 4. The molecule has 7 nitrogen and oxygen atoms in total. The number of nitrogens with one attached hydrogen (secondary N) is 4. The SMILES string of the molecule is CCCCNCCNC(=O)NC1CC(CNC(=O)c2ccccc2)CCN1C(c1ccccc1)c1ccccc1. The molecule has 4 rings (SSSR count). The largest absolute Gasteiger partial charge is 0.352 e. The van der Waals surface area contributed by atoms with Crippen LogP contribution in [-0.2, 0) is 0 Å². The van der Waals surface area contributed by atoms with Gasteiger partial charge in [-0.25, -0.2) is 4.79 Å². The molecule has 2 atom stereocenters. The van der Waals surface area contributed by atoms with Gasteiger partial charge in [-0.05, 0) is 55.0 Å². The number of benzene rings is 3. The Morgan fingerprint density at radius 1 is 0.825 bits per heavy atom. The molecule has 1 aliphatic rings. The number of amides is 3. The molecule has 0 saturated carbocycles. The minimum Gasteiger partial charge on any atom is -0.352 e. The Labute approximate surface area is 238 Å². The van der Waals surface area contributed by atoms with Gasteiger partial charge in [-0.15, -0.1) is 0 Å². The van der Waals surface area contributed by atoms with Crippen LogP contribution < -0.4 is 21.3 Å². The number of nitrogens with zero attached hydrogens (tertiary/aromatic N) is 1. The summed E-state index contributed by atoms with van der Waals surface area (Å²) in [6.45, 7) is 5.81. The van der Waals surface area contributed by atoms with E-state index in [1.54, 1.807) is 0 Å². The number of carbonyl (C=O) groups is 2. The van der Waals surface area contributed by atoms with Crippen molar-refractivity contribution in [2.24, 2.45) is 5.92 Å². The second-order valence-electron chi connectivity index (χ2n) is 10.4. The van der Waals surface area contributed by atoms with Gasteiger partial charge in [0.15, 0.2) is 0 Å². The van der Waals surface area contributed by atoms with Gasteiger partial charge in [0.2, 0.25) is 0 Å². The maximum absolute atomic E-state index is 13.1. The van der Waals surface area contributed by atoms with Crippen LogP contribution >= 0.6 is 0 Å². The molecule has 0 radical (unpaired) electrons. The van der Waals surface area contributed by atoms with Crippen LogP contribution in [0, 0.1) is 5.92 Å². The van der Waals surface area contributed by atoms with Crippen LogP contribution in [0.4, 0.5) is 4.79 Å². The molecule has 0 aliphatic carbocycles. The molecule has 2 unspecified atom stereocenters. The van der Waals surface area contributed by atoms with E-state index in [-0.39, 0.29) is 30.1 Å². The monoisotopic (exact) mass is 541 g/mol. The summed E-state index contributed by atoms with van der Waals surface area (Å²) in [4.78, 5) is 28.1. The Kier molecular flexibility index (Phi) is 11.6. The Morgan fingerprint density at radius 3 is 2.08 bits per heavy atom. The van der Waals surface area contributed by atoms with Crippen LogP contribution in [0.15, 0.2) is 91.0 Å². The van der Waals surface area contributed by atoms with Gasteiger partial charge in [0, 0.05) is 31.7 Å². The van der Waals surface area contributed by atoms with Crippen molar-refractivity contribution >= 4 is 11.9 Å². The Hall–Kier alpha value is -3.68. The van der Waals surface area contributed by atoms with Gasteiger partial charge in [-0.2, -0.15) is 0 Å². The zero-order valence-electron chi connectivity index (χ0n) is 23.5. The number of hydrogen-bond acceptors (Lipinski definition) is 4. The van der Waals surface area contributed by atoms with Crippen molar-refractivity contribution in [1.29, 1.82) is 0 Å². The molecule has 1 fully saturated rings. The van der Waals surface area contributed by atoms with Gasteiger partial charge in [-0.1, -0.05) is 92.2 Å². The van der Waals surface area contributed by atoms with Crippen LogP contribution in [0.2, 0.25) is 0 Å². The average Bonchev–Trinajstić information content (AvgIpc) is 3.00. The molecule has 0 bridgehead atoms. The van der Waals surface area contributed by atoms with E-state index >= 15 is 0 Å². The summed E-state index contributed by atoms with van der Waals surface area (Å²) in [5.74, 6) is 0.185. The van der Waals surface area contributed by atoms with Gasteiger partial charge in [-0.3, -0.25) is 9.69 Å². The summed E-state index contributed by atoms with van der Waals surface area (Å²) in [6.07, 6.45) is 3.76. The topological polar surface area (TPSA) is 85.5 Å². The maximum Gasteiger partial charge on any atom is 0.316 e. The van der Waals surface area contributed by atoms with Gasteiger partial charge in [0.05, 0.1) is 12.2 Å². The van der Waals surface area contributed by atoms with Crippen molar-refractivity contribution in [3.63, 3.8) is 0 Å². The first-order valence-corrected chi connectivity index (χ1v) is 14.6. The molecule has 0 spiro atoms. The number of rotatable bonds is 13. The summed E-state index contributed by atoms with van der Waals surface area (Å²) < 4.78 is 0. The van der Waals surface area contributed by atoms with E-state index in [4.69, 9.17) is 0 Å². The lowest BCUT2D eigenvalue weighted by molar-refractivity contribution is 0.0645. The minimum atomic E-state index is -0.189. The zero-order valence-corrected chi connectivity index (χ0v) is 23.5. The van der Waals surface area contributed by atoms with E-state index in [1.807, 2.05) is 42.5 Å². The smallest absolute Gasteiger partial charge is 0.316 e. The first-order valence-electron chi connectivity index (χ1n) is 14.6. The molecule has 212 valence electrons. The highest BCUT2D eigenvalue weighted by atomic mass is 16.2. The quantitative estimate of drug-likeness (QED) is 0.231. The lowest BCUT2D eigenvalue weighted by Crippen LogP contribution is -2.57. The van der Waals surface area contributed by atoms with E-state index < -0.39 is 0 Å². The number of urea groups is 1. The summed E-state index contributed by atoms with van der Waals surface area (Å²) in [5.41, 5.74) is 3.04. The highest BCUT2D eigenvalue weighted by Crippen LogP contribution is 2.34. The fourth-order valence-electron chi connectivity index (χ4n) is 5.36. The van der Waals surface area contributed by atoms with Crippen molar-refractivity contribution < 1.29 is 9.59 Å². The van der Waals surface area contributed by atoms with Crippen LogP contribution in [0.3, 0.4) is 0 Å². The molecule has 0 aromatic heterocycles. The summed E-state index contributed by atoms with van der Waals surface area (Å²) >= 11 is 0. The molecule has 7 heteroatoms. The van der Waals surface area contributed by atoms with Gasteiger partial charge < -0.3 is 21.3 Å². The molecule has 4 N–H and O–H groups in total. The molecule has 1 aliphatic heterocycles. The first-order chi connectivity index (χ1) is 19.7. The van der Waals surface area contributed by atoms with Crippen LogP contribution in [0.5, 0.6) is 0 Å². The van der Waals surface area contributed by atoms with E-state index in [9.17, 15) is 9.59 Å². The van der Waals surface area contributed by atoms with E-state index in [1.165, 1.54) is 11.1 Å². The third-order valence-corrected chi connectivity index (χ3v) is 7.49. The minimum absolute atomic E-state index is 0.00303. The molecule has 3 amide bonds. The molecule has 3 aromatic rings. The number of unbranched alkanes of at least 4 members (excludes halogenated alkanes) is 1. The summed E-state index contributed by atoms with van der Waals surface area (Å²) in [5, 5.41) is 12.8. The van der Waals surface area contributed by atoms with Crippen molar-refractivity contribution in [3.05, 3.63) is 108 Å². The number of likely N-dealkylation sites (tertiary alicyclic amines) is 1. The average molecular weight is 542 g/mol. The van der Waals surface area contributed by atoms with E-state index in [0.29, 0.717) is 18.7 Å². The third-order valence-electron chi connectivity index (χ3n) is 7.49. The fraction of sp³-hybridized carbons (Fsp3) is 0.394. The Morgan fingerprint density at radius 2 is 1.45 bits per heavy atom. The number of piperidine rings is 1. The Balaban J connectivity index is 1.47. The van der Waals surface area contributed by atoms with Crippen LogP contribution in [0.25, 0.3) is 0 Å². The third kappa shape index (κ3) is 8.66. The molecule has 1 saturated heterocycles. The highest BCUT2D eigenvalue weighted by Gasteiger charge is 2.35. The highest BCUT2D eigenvalue weighted by molar-refractivity contribution is 5.94. The Bertz CT molecular complexity index is 1120. The van der Waals surface area contributed by atoms with E-state index in [0.717, 1.165) is 45.3 Å². The fourth-order valence-corrected chi connectivity index (χ4v) is 5.36. The first kappa shape index (κ1) is 29.3. The lowest BCUT2D eigenvalue weighted by Gasteiger charge is -2.44. The second kappa shape index (κ2) is 15.8. The van der Waals surface area contributed by atoms with Crippen molar-refractivity contribution in [2.45, 2.75) is 44.8 Å². The van der Waals surface area contributed by atoms with Crippen LogP contribution in [0.1, 0.15) is 60.1 Å². The van der Waals surface area contributed by atoms with Gasteiger partial charge in [0.1, 0.15) is 0 Å². The van der Waals surface area contributed by atoms with Crippen molar-refractivity contribution in [1.82, 2.24) is 26.2 Å². The lowest BCUT2D eigenvalue weighted by atomic mass is 9.89. The summed E-state index contributed by atoms with van der Waals surface area (Å²) in [7, 11) is 0. The standard InChI is InChI=1S/C33H43N5O2/c1-2-3-20-34-21-22-35-33(40)37-30-24-26(25-36-32(39)29-17-11-6-12-18-29)19-23-38(30)31(27-13-7-4-8-14-27)28-15-9-5-10-16-28/h4-18,26,30-31,34H,2-3,19-25H2,1H3,(H,36,39)(H2,35,37,40). The van der Waals surface area contributed by atoms with Gasteiger partial charge >= 0.3 is 6.03 Å². The molecule has 3 aromatic carbocycles. The maximum atomic E-state index is 13.1.